The monoisotopic (exact) mass is 354 g/mol. The van der Waals surface area contributed by atoms with Crippen molar-refractivity contribution in [1.29, 1.82) is 0 Å². The Bertz CT molecular complexity index is 736. The molecule has 2 aromatic rings. The number of rotatable bonds is 4. The molecule has 108 valence electrons. The molecule has 0 atom stereocenters. The third-order valence-electron chi connectivity index (χ3n) is 2.64. The number of hydrogen-bond acceptors (Lipinski definition) is 4. The maximum Gasteiger partial charge on any atom is 0.335 e. The average Bonchev–Trinajstić information content (AvgIpc) is 2.41. The summed E-state index contributed by atoms with van der Waals surface area (Å²) in [4.78, 5) is 21.2. The van der Waals surface area contributed by atoms with E-state index in [2.05, 4.69) is 21.2 Å². The molecule has 2 rings (SSSR count). The van der Waals surface area contributed by atoms with Crippen LogP contribution in [0.3, 0.4) is 0 Å². The Morgan fingerprint density at radius 1 is 1.24 bits per heavy atom. The zero-order chi connectivity index (χ0) is 15.6. The summed E-state index contributed by atoms with van der Waals surface area (Å²) in [6.07, 6.45) is 0. The van der Waals surface area contributed by atoms with E-state index in [0.29, 0.717) is 10.2 Å². The molecule has 0 radical (unpaired) electrons. The van der Waals surface area contributed by atoms with Crippen molar-refractivity contribution in [2.75, 3.05) is 5.32 Å². The minimum Gasteiger partial charge on any atom is -0.478 e. The van der Waals surface area contributed by atoms with Crippen molar-refractivity contribution in [2.24, 2.45) is 0 Å². The highest BCUT2D eigenvalue weighted by atomic mass is 79.9. The number of aromatic carboxylic acids is 1. The molecular weight excluding hydrogens is 347 g/mol. The van der Waals surface area contributed by atoms with Gasteiger partial charge in [-0.15, -0.1) is 0 Å². The van der Waals surface area contributed by atoms with Gasteiger partial charge in [-0.25, -0.2) is 9.18 Å². The van der Waals surface area contributed by atoms with Crippen molar-refractivity contribution < 1.29 is 19.2 Å². The van der Waals surface area contributed by atoms with Gasteiger partial charge < -0.3 is 10.4 Å². The Morgan fingerprint density at radius 3 is 2.48 bits per heavy atom. The van der Waals surface area contributed by atoms with E-state index >= 15 is 0 Å². The van der Waals surface area contributed by atoms with Crippen LogP contribution in [-0.4, -0.2) is 16.0 Å². The lowest BCUT2D eigenvalue weighted by Crippen LogP contribution is -2.02. The van der Waals surface area contributed by atoms with Gasteiger partial charge in [0.15, 0.2) is 0 Å². The van der Waals surface area contributed by atoms with E-state index in [1.54, 1.807) is 0 Å². The first-order valence-corrected chi connectivity index (χ1v) is 6.41. The topological polar surface area (TPSA) is 92.5 Å². The van der Waals surface area contributed by atoms with Gasteiger partial charge in [0.25, 0.3) is 5.69 Å². The minimum absolute atomic E-state index is 0.109. The molecule has 0 aromatic heterocycles. The summed E-state index contributed by atoms with van der Waals surface area (Å²) in [6, 6.07) is 7.31. The second kappa shape index (κ2) is 5.88. The number of anilines is 2. The Balaban J connectivity index is 2.44. The molecule has 0 saturated carbocycles. The minimum atomic E-state index is -1.26. The average molecular weight is 355 g/mol. The molecule has 0 saturated heterocycles. The Kier molecular flexibility index (Phi) is 4.18. The number of halogens is 2. The summed E-state index contributed by atoms with van der Waals surface area (Å²) in [6.45, 7) is 0. The molecule has 0 amide bonds. The van der Waals surface area contributed by atoms with Crippen LogP contribution in [0.25, 0.3) is 0 Å². The number of nitro benzene ring substituents is 1. The van der Waals surface area contributed by atoms with Crippen LogP contribution in [0.1, 0.15) is 10.4 Å². The van der Waals surface area contributed by atoms with Crippen molar-refractivity contribution in [2.45, 2.75) is 0 Å². The number of carboxylic acids is 1. The molecule has 0 aliphatic carbocycles. The van der Waals surface area contributed by atoms with Crippen LogP contribution >= 0.6 is 15.9 Å². The molecule has 2 aromatic carbocycles. The number of benzene rings is 2. The molecule has 0 spiro atoms. The third kappa shape index (κ3) is 3.34. The van der Waals surface area contributed by atoms with E-state index in [1.165, 1.54) is 30.3 Å². The van der Waals surface area contributed by atoms with Crippen molar-refractivity contribution in [3.63, 3.8) is 0 Å². The van der Waals surface area contributed by atoms with Gasteiger partial charge in [0.2, 0.25) is 0 Å². The van der Waals surface area contributed by atoms with Gasteiger partial charge in [0.05, 0.1) is 16.2 Å². The second-order valence-corrected chi connectivity index (χ2v) is 4.90. The number of nitrogens with one attached hydrogen (secondary N) is 1. The second-order valence-electron chi connectivity index (χ2n) is 4.04. The first-order chi connectivity index (χ1) is 9.88. The molecule has 0 heterocycles. The maximum absolute atomic E-state index is 13.0. The third-order valence-corrected chi connectivity index (χ3v) is 3.30. The maximum atomic E-state index is 13.0. The summed E-state index contributed by atoms with van der Waals surface area (Å²) in [5.41, 5.74) is -0.0450. The predicted octanol–water partition coefficient (Wildman–Crippen LogP) is 3.94. The summed E-state index contributed by atoms with van der Waals surface area (Å²) in [7, 11) is 0. The lowest BCUT2D eigenvalue weighted by atomic mass is 10.1. The predicted molar refractivity (Wildman–Crippen MR) is 77.4 cm³/mol. The van der Waals surface area contributed by atoms with E-state index in [9.17, 15) is 19.3 Å². The van der Waals surface area contributed by atoms with Gasteiger partial charge >= 0.3 is 5.97 Å². The fourth-order valence-electron chi connectivity index (χ4n) is 1.66. The number of carboxylic acid groups (broad SMARTS) is 1. The zero-order valence-electron chi connectivity index (χ0n) is 10.3. The zero-order valence-corrected chi connectivity index (χ0v) is 11.9. The lowest BCUT2D eigenvalue weighted by Gasteiger charge is -2.09. The van der Waals surface area contributed by atoms with E-state index < -0.39 is 16.7 Å². The molecular formula is C13H8BrFN2O4. The van der Waals surface area contributed by atoms with Gasteiger partial charge in [0, 0.05) is 10.5 Å². The van der Waals surface area contributed by atoms with Gasteiger partial charge in [-0.05, 0) is 46.3 Å². The van der Waals surface area contributed by atoms with Crippen LogP contribution in [-0.2, 0) is 0 Å². The summed E-state index contributed by atoms with van der Waals surface area (Å²) in [5.74, 6) is -1.71. The van der Waals surface area contributed by atoms with Crippen LogP contribution in [0, 0.1) is 15.9 Å². The quantitative estimate of drug-likeness (QED) is 0.640. The summed E-state index contributed by atoms with van der Waals surface area (Å²) >= 11 is 3.14. The smallest absolute Gasteiger partial charge is 0.335 e. The van der Waals surface area contributed by atoms with Crippen LogP contribution in [0.5, 0.6) is 0 Å². The molecule has 0 aliphatic heterocycles. The molecule has 21 heavy (non-hydrogen) atoms. The van der Waals surface area contributed by atoms with E-state index in [-0.39, 0.29) is 16.9 Å². The molecule has 0 aliphatic rings. The Hall–Kier alpha value is -2.48. The van der Waals surface area contributed by atoms with Gasteiger partial charge in [-0.3, -0.25) is 10.1 Å². The molecule has 8 heteroatoms. The number of nitro groups is 1. The first-order valence-electron chi connectivity index (χ1n) is 5.62. The van der Waals surface area contributed by atoms with Crippen molar-refractivity contribution in [1.82, 2.24) is 0 Å². The Labute approximate surface area is 126 Å². The highest BCUT2D eigenvalue weighted by Crippen LogP contribution is 2.32. The molecule has 0 bridgehead atoms. The van der Waals surface area contributed by atoms with E-state index in [0.717, 1.165) is 6.07 Å². The van der Waals surface area contributed by atoms with Gasteiger partial charge in [0.1, 0.15) is 11.5 Å². The summed E-state index contributed by atoms with van der Waals surface area (Å²) in [5, 5.41) is 22.6. The standard InChI is InChI=1S/C13H8BrFN2O4/c14-9-6-8(15)2-4-10(9)16-11-3-1-7(13(18)19)5-12(11)17(20)21/h1-6,16H,(H,18,19). The van der Waals surface area contributed by atoms with E-state index in [1.807, 2.05) is 0 Å². The van der Waals surface area contributed by atoms with Crippen LogP contribution in [0.15, 0.2) is 40.9 Å². The number of hydrogen-bond donors (Lipinski definition) is 2. The molecule has 6 nitrogen and oxygen atoms in total. The molecule has 0 unspecified atom stereocenters. The largest absolute Gasteiger partial charge is 0.478 e. The highest BCUT2D eigenvalue weighted by Gasteiger charge is 2.18. The summed E-state index contributed by atoms with van der Waals surface area (Å²) < 4.78 is 13.4. The number of carbonyl (C=O) groups is 1. The fraction of sp³-hybridized carbons (Fsp3) is 0. The van der Waals surface area contributed by atoms with Gasteiger partial charge in [-0.2, -0.15) is 0 Å². The molecule has 2 N–H and O–H groups in total. The van der Waals surface area contributed by atoms with Crippen LogP contribution in [0.4, 0.5) is 21.5 Å². The normalized spacial score (nSPS) is 10.2. The number of nitrogens with zero attached hydrogens (tertiary/aromatic N) is 1. The lowest BCUT2D eigenvalue weighted by molar-refractivity contribution is -0.383. The van der Waals surface area contributed by atoms with Crippen LogP contribution < -0.4 is 5.32 Å². The van der Waals surface area contributed by atoms with Crippen LogP contribution in [0.2, 0.25) is 0 Å². The SMILES string of the molecule is O=C(O)c1ccc(Nc2ccc(F)cc2Br)c([N+](=O)[O-])c1. The van der Waals surface area contributed by atoms with E-state index in [4.69, 9.17) is 5.11 Å². The van der Waals surface area contributed by atoms with Crippen molar-refractivity contribution in [3.05, 3.63) is 62.4 Å². The van der Waals surface area contributed by atoms with Crippen molar-refractivity contribution in [3.8, 4) is 0 Å². The van der Waals surface area contributed by atoms with Gasteiger partial charge in [-0.1, -0.05) is 0 Å². The van der Waals surface area contributed by atoms with Crippen molar-refractivity contribution >= 4 is 39.0 Å². The highest BCUT2D eigenvalue weighted by molar-refractivity contribution is 9.10. The fourth-order valence-corrected chi connectivity index (χ4v) is 2.11. The first kappa shape index (κ1) is 14.9. The molecule has 0 fully saturated rings. The Morgan fingerprint density at radius 2 is 1.90 bits per heavy atom.